The van der Waals surface area contributed by atoms with E-state index in [9.17, 15) is 9.59 Å². The van der Waals surface area contributed by atoms with Crippen molar-refractivity contribution in [1.82, 2.24) is 14.6 Å². The first kappa shape index (κ1) is 20.5. The first-order chi connectivity index (χ1) is 15.5. The lowest BCUT2D eigenvalue weighted by Gasteiger charge is -2.20. The monoisotopic (exact) mass is 466 g/mol. The second-order valence-electron chi connectivity index (χ2n) is 7.37. The van der Waals surface area contributed by atoms with Crippen LogP contribution in [0, 0.1) is 0 Å². The van der Waals surface area contributed by atoms with Crippen LogP contribution in [-0.2, 0) is 11.3 Å². The molecule has 160 valence electrons. The number of rotatable bonds is 4. The van der Waals surface area contributed by atoms with Gasteiger partial charge in [0.15, 0.2) is 0 Å². The molecular formula is C23H16Cl2N4O3. The summed E-state index contributed by atoms with van der Waals surface area (Å²) in [6, 6.07) is 15.3. The average molecular weight is 467 g/mol. The second kappa shape index (κ2) is 8.26. The summed E-state index contributed by atoms with van der Waals surface area (Å²) >= 11 is 12.0. The van der Waals surface area contributed by atoms with Crippen molar-refractivity contribution in [3.8, 4) is 0 Å². The maximum absolute atomic E-state index is 13.2. The zero-order valence-electron chi connectivity index (χ0n) is 16.6. The fraction of sp³-hybridized carbons (Fsp3) is 0.130. The topological polar surface area (TPSA) is 80.7 Å². The van der Waals surface area contributed by atoms with Crippen LogP contribution in [0.5, 0.6) is 0 Å². The highest BCUT2D eigenvalue weighted by Gasteiger charge is 2.35. The number of furan rings is 1. The molecule has 0 fully saturated rings. The predicted octanol–water partition coefficient (Wildman–Crippen LogP) is 4.67. The van der Waals surface area contributed by atoms with E-state index in [0.717, 1.165) is 11.3 Å². The molecule has 2 aromatic heterocycles. The number of carbonyl (C=O) groups is 1. The standard InChI is InChI=1S/C23H16Cl2N4O3/c24-15-5-3-14(4-6-15)19-11-20(21-2-1-9-32-21)29(27-19)22(30)12-28-13-26-18-8-7-16(25)10-17(18)23(28)31/h1-10,13,20H,11-12H2. The third kappa shape index (κ3) is 3.81. The number of hydrogen-bond donors (Lipinski definition) is 0. The Morgan fingerprint density at radius 3 is 2.62 bits per heavy atom. The van der Waals surface area contributed by atoms with Crippen molar-refractivity contribution in [3.63, 3.8) is 0 Å². The number of hydrogen-bond acceptors (Lipinski definition) is 5. The minimum absolute atomic E-state index is 0.219. The molecule has 1 aliphatic heterocycles. The van der Waals surface area contributed by atoms with Crippen LogP contribution in [0.15, 0.2) is 81.5 Å². The number of benzene rings is 2. The number of fused-ring (bicyclic) bond motifs is 1. The van der Waals surface area contributed by atoms with Crippen molar-refractivity contribution in [2.75, 3.05) is 0 Å². The van der Waals surface area contributed by atoms with Gasteiger partial charge < -0.3 is 4.42 Å². The maximum Gasteiger partial charge on any atom is 0.263 e. The minimum Gasteiger partial charge on any atom is -0.467 e. The molecule has 1 atom stereocenters. The van der Waals surface area contributed by atoms with Gasteiger partial charge in [0.2, 0.25) is 0 Å². The van der Waals surface area contributed by atoms with Crippen LogP contribution in [0.1, 0.15) is 23.8 Å². The Morgan fingerprint density at radius 1 is 1.09 bits per heavy atom. The Hall–Kier alpha value is -3.42. The normalized spacial score (nSPS) is 15.9. The van der Waals surface area contributed by atoms with Crippen molar-refractivity contribution >= 4 is 45.7 Å². The van der Waals surface area contributed by atoms with Gasteiger partial charge in [-0.05, 0) is 48.0 Å². The van der Waals surface area contributed by atoms with Crippen LogP contribution in [0.3, 0.4) is 0 Å². The molecule has 0 radical (unpaired) electrons. The van der Waals surface area contributed by atoms with Gasteiger partial charge in [-0.2, -0.15) is 5.10 Å². The van der Waals surface area contributed by atoms with Crippen molar-refractivity contribution in [3.05, 3.63) is 98.9 Å². The zero-order valence-corrected chi connectivity index (χ0v) is 18.1. The summed E-state index contributed by atoms with van der Waals surface area (Å²) in [5.74, 6) is 0.252. The first-order valence-corrected chi connectivity index (χ1v) is 10.6. The molecule has 9 heteroatoms. The quantitative estimate of drug-likeness (QED) is 0.437. The van der Waals surface area contributed by atoms with Gasteiger partial charge in [-0.1, -0.05) is 35.3 Å². The lowest BCUT2D eigenvalue weighted by Crippen LogP contribution is -2.34. The zero-order chi connectivity index (χ0) is 22.2. The number of halogens is 2. The number of amides is 1. The van der Waals surface area contributed by atoms with Crippen LogP contribution in [0.4, 0.5) is 0 Å². The van der Waals surface area contributed by atoms with Gasteiger partial charge in [-0.25, -0.2) is 9.99 Å². The molecule has 0 aliphatic carbocycles. The summed E-state index contributed by atoms with van der Waals surface area (Å²) in [6.45, 7) is -0.219. The molecule has 32 heavy (non-hydrogen) atoms. The Labute approximate surface area is 192 Å². The molecule has 0 N–H and O–H groups in total. The molecule has 1 amide bonds. The number of nitrogens with zero attached hydrogens (tertiary/aromatic N) is 4. The van der Waals surface area contributed by atoms with E-state index in [1.54, 1.807) is 48.7 Å². The third-order valence-electron chi connectivity index (χ3n) is 5.31. The van der Waals surface area contributed by atoms with Crippen molar-refractivity contribution in [2.24, 2.45) is 5.10 Å². The molecular weight excluding hydrogens is 451 g/mol. The van der Waals surface area contributed by atoms with Gasteiger partial charge in [0.1, 0.15) is 18.3 Å². The van der Waals surface area contributed by atoms with E-state index in [2.05, 4.69) is 10.1 Å². The second-order valence-corrected chi connectivity index (χ2v) is 8.24. The van der Waals surface area contributed by atoms with Gasteiger partial charge >= 0.3 is 0 Å². The molecule has 1 unspecified atom stereocenters. The number of aromatic nitrogens is 2. The maximum atomic E-state index is 13.2. The molecule has 4 aromatic rings. The fourth-order valence-electron chi connectivity index (χ4n) is 3.72. The highest BCUT2D eigenvalue weighted by Crippen LogP contribution is 2.33. The molecule has 5 rings (SSSR count). The molecule has 0 saturated heterocycles. The fourth-order valence-corrected chi connectivity index (χ4v) is 4.02. The molecule has 7 nitrogen and oxygen atoms in total. The Balaban J connectivity index is 1.48. The summed E-state index contributed by atoms with van der Waals surface area (Å²) in [6.07, 6.45) is 3.39. The van der Waals surface area contributed by atoms with Crippen LogP contribution in [0.25, 0.3) is 10.9 Å². The van der Waals surface area contributed by atoms with Gasteiger partial charge in [-0.3, -0.25) is 14.2 Å². The van der Waals surface area contributed by atoms with Gasteiger partial charge in [0.25, 0.3) is 11.5 Å². The smallest absolute Gasteiger partial charge is 0.263 e. The molecule has 1 aliphatic rings. The van der Waals surface area contributed by atoms with E-state index in [4.69, 9.17) is 27.6 Å². The van der Waals surface area contributed by atoms with Gasteiger partial charge in [0, 0.05) is 16.5 Å². The summed E-state index contributed by atoms with van der Waals surface area (Å²) < 4.78 is 6.82. The predicted molar refractivity (Wildman–Crippen MR) is 122 cm³/mol. The molecule has 2 aromatic carbocycles. The van der Waals surface area contributed by atoms with Crippen LogP contribution in [0.2, 0.25) is 10.0 Å². The van der Waals surface area contributed by atoms with E-state index < -0.39 is 6.04 Å². The van der Waals surface area contributed by atoms with E-state index >= 15 is 0 Å². The van der Waals surface area contributed by atoms with E-state index in [-0.39, 0.29) is 18.0 Å². The molecule has 0 saturated carbocycles. The van der Waals surface area contributed by atoms with Gasteiger partial charge in [-0.15, -0.1) is 0 Å². The van der Waals surface area contributed by atoms with E-state index in [1.165, 1.54) is 15.9 Å². The lowest BCUT2D eigenvalue weighted by atomic mass is 10.0. The Bertz CT molecular complexity index is 1400. The Morgan fingerprint density at radius 2 is 1.88 bits per heavy atom. The summed E-state index contributed by atoms with van der Waals surface area (Å²) in [5.41, 5.74) is 1.76. The largest absolute Gasteiger partial charge is 0.467 e. The lowest BCUT2D eigenvalue weighted by molar-refractivity contribution is -0.134. The van der Waals surface area contributed by atoms with Crippen LogP contribution >= 0.6 is 23.2 Å². The number of hydrazone groups is 1. The van der Waals surface area contributed by atoms with E-state index in [0.29, 0.717) is 33.1 Å². The summed E-state index contributed by atoms with van der Waals surface area (Å²) in [7, 11) is 0. The van der Waals surface area contributed by atoms with Crippen LogP contribution in [-0.4, -0.2) is 26.2 Å². The Kier molecular flexibility index (Phi) is 5.28. The number of carbonyl (C=O) groups excluding carboxylic acids is 1. The average Bonchev–Trinajstić information content (AvgIpc) is 3.46. The highest BCUT2D eigenvalue weighted by atomic mass is 35.5. The molecule has 0 spiro atoms. The van der Waals surface area contributed by atoms with Gasteiger partial charge in [0.05, 0.1) is 29.2 Å². The van der Waals surface area contributed by atoms with Crippen molar-refractivity contribution < 1.29 is 9.21 Å². The molecule has 0 bridgehead atoms. The first-order valence-electron chi connectivity index (χ1n) is 9.83. The minimum atomic E-state index is -0.415. The van der Waals surface area contributed by atoms with Crippen molar-refractivity contribution in [2.45, 2.75) is 19.0 Å². The SMILES string of the molecule is O=C(Cn1cnc2ccc(Cl)cc2c1=O)N1N=C(c2ccc(Cl)cc2)CC1c1ccco1. The third-order valence-corrected chi connectivity index (χ3v) is 5.79. The summed E-state index contributed by atoms with van der Waals surface area (Å²) in [4.78, 5) is 30.4. The molecule has 3 heterocycles. The van der Waals surface area contributed by atoms with Crippen molar-refractivity contribution in [1.29, 1.82) is 0 Å². The highest BCUT2D eigenvalue weighted by molar-refractivity contribution is 6.31. The van der Waals surface area contributed by atoms with Crippen LogP contribution < -0.4 is 5.56 Å². The summed E-state index contributed by atoms with van der Waals surface area (Å²) in [5, 5.41) is 7.33. The van der Waals surface area contributed by atoms with E-state index in [1.807, 2.05) is 12.1 Å².